The molecule has 0 radical (unpaired) electrons. The first kappa shape index (κ1) is 13.3. The van der Waals surface area contributed by atoms with E-state index >= 15 is 0 Å². The monoisotopic (exact) mass is 262 g/mol. The van der Waals surface area contributed by atoms with Crippen molar-refractivity contribution in [3.05, 3.63) is 30.3 Å². The van der Waals surface area contributed by atoms with E-state index in [1.165, 1.54) is 44.9 Å². The van der Waals surface area contributed by atoms with Crippen molar-refractivity contribution < 1.29 is 0 Å². The molecule has 1 saturated carbocycles. The zero-order chi connectivity index (χ0) is 12.6. The van der Waals surface area contributed by atoms with Crippen LogP contribution in [-0.2, 0) is 0 Å². The van der Waals surface area contributed by atoms with Crippen LogP contribution in [0.3, 0.4) is 0 Å². The Bertz CT molecular complexity index is 356. The van der Waals surface area contributed by atoms with Crippen LogP contribution >= 0.6 is 12.2 Å². The Morgan fingerprint density at radius 1 is 0.944 bits per heavy atom. The van der Waals surface area contributed by atoms with E-state index in [9.17, 15) is 0 Å². The Hall–Kier alpha value is -1.09. The van der Waals surface area contributed by atoms with Gasteiger partial charge in [-0.05, 0) is 37.2 Å². The summed E-state index contributed by atoms with van der Waals surface area (Å²) in [5.74, 6) is 0. The zero-order valence-corrected chi connectivity index (χ0v) is 11.6. The molecular weight excluding hydrogens is 240 g/mol. The van der Waals surface area contributed by atoms with Crippen molar-refractivity contribution in [1.29, 1.82) is 0 Å². The van der Waals surface area contributed by atoms with Gasteiger partial charge < -0.3 is 10.6 Å². The number of hydrogen-bond donors (Lipinski definition) is 2. The van der Waals surface area contributed by atoms with Crippen molar-refractivity contribution in [2.75, 3.05) is 5.32 Å². The maximum absolute atomic E-state index is 5.37. The van der Waals surface area contributed by atoms with Gasteiger partial charge in [0.2, 0.25) is 0 Å². The first-order chi connectivity index (χ1) is 8.84. The number of rotatable bonds is 2. The average molecular weight is 262 g/mol. The molecule has 0 atom stereocenters. The molecule has 2 nitrogen and oxygen atoms in total. The maximum atomic E-state index is 5.37. The Morgan fingerprint density at radius 3 is 2.22 bits per heavy atom. The first-order valence-electron chi connectivity index (χ1n) is 6.97. The molecule has 1 aromatic rings. The second kappa shape index (κ2) is 7.37. The van der Waals surface area contributed by atoms with Crippen molar-refractivity contribution in [3.8, 4) is 0 Å². The van der Waals surface area contributed by atoms with Gasteiger partial charge in [0, 0.05) is 11.7 Å². The number of para-hydroxylation sites is 1. The number of anilines is 1. The summed E-state index contributed by atoms with van der Waals surface area (Å²) in [7, 11) is 0. The molecule has 18 heavy (non-hydrogen) atoms. The SMILES string of the molecule is S=C(Nc1ccccc1)NC1CCCCCCC1. The standard InChI is InChI=1S/C15H22N2S/c18-15(17-14-11-7-4-8-12-14)16-13-9-5-2-1-3-6-10-13/h4,7-8,11-13H,1-3,5-6,9-10H2,(H2,16,17,18). The highest BCUT2D eigenvalue weighted by Crippen LogP contribution is 2.17. The van der Waals surface area contributed by atoms with Crippen LogP contribution in [-0.4, -0.2) is 11.2 Å². The molecule has 0 bridgehead atoms. The van der Waals surface area contributed by atoms with Crippen LogP contribution in [0.2, 0.25) is 0 Å². The summed E-state index contributed by atoms with van der Waals surface area (Å²) < 4.78 is 0. The summed E-state index contributed by atoms with van der Waals surface area (Å²) in [6, 6.07) is 10.7. The largest absolute Gasteiger partial charge is 0.360 e. The molecule has 2 N–H and O–H groups in total. The van der Waals surface area contributed by atoms with Gasteiger partial charge >= 0.3 is 0 Å². The van der Waals surface area contributed by atoms with Gasteiger partial charge in [0.15, 0.2) is 5.11 Å². The second-order valence-corrected chi connectivity index (χ2v) is 5.41. The Morgan fingerprint density at radius 2 is 1.56 bits per heavy atom. The molecular formula is C15H22N2S. The molecule has 1 aromatic carbocycles. The van der Waals surface area contributed by atoms with E-state index in [0.29, 0.717) is 6.04 Å². The number of nitrogens with one attached hydrogen (secondary N) is 2. The summed E-state index contributed by atoms with van der Waals surface area (Å²) >= 11 is 5.37. The molecule has 0 aliphatic heterocycles. The maximum Gasteiger partial charge on any atom is 0.170 e. The molecule has 1 aliphatic carbocycles. The third-order valence-corrected chi connectivity index (χ3v) is 3.69. The highest BCUT2D eigenvalue weighted by Gasteiger charge is 2.11. The van der Waals surface area contributed by atoms with Crippen molar-refractivity contribution in [3.63, 3.8) is 0 Å². The summed E-state index contributed by atoms with van der Waals surface area (Å²) in [4.78, 5) is 0. The van der Waals surface area contributed by atoms with E-state index in [1.807, 2.05) is 30.3 Å². The Balaban J connectivity index is 1.79. The lowest BCUT2D eigenvalue weighted by atomic mass is 9.97. The van der Waals surface area contributed by atoms with Crippen molar-refractivity contribution in [1.82, 2.24) is 5.32 Å². The molecule has 1 aliphatic rings. The van der Waals surface area contributed by atoms with Crippen LogP contribution in [0.15, 0.2) is 30.3 Å². The molecule has 0 amide bonds. The minimum absolute atomic E-state index is 0.550. The fraction of sp³-hybridized carbons (Fsp3) is 0.533. The van der Waals surface area contributed by atoms with Crippen molar-refractivity contribution in [2.45, 2.75) is 51.0 Å². The van der Waals surface area contributed by atoms with Crippen molar-refractivity contribution in [2.24, 2.45) is 0 Å². The highest BCUT2D eigenvalue weighted by molar-refractivity contribution is 7.80. The van der Waals surface area contributed by atoms with Crippen LogP contribution in [0.25, 0.3) is 0 Å². The fourth-order valence-corrected chi connectivity index (χ4v) is 2.76. The molecule has 1 fully saturated rings. The minimum atomic E-state index is 0.550. The Kier molecular flexibility index (Phi) is 5.46. The van der Waals surface area contributed by atoms with Gasteiger partial charge in [0.1, 0.15) is 0 Å². The van der Waals surface area contributed by atoms with Gasteiger partial charge in [0.25, 0.3) is 0 Å². The topological polar surface area (TPSA) is 24.1 Å². The van der Waals surface area contributed by atoms with Gasteiger partial charge in [-0.1, -0.05) is 50.3 Å². The van der Waals surface area contributed by atoms with E-state index in [4.69, 9.17) is 12.2 Å². The quantitative estimate of drug-likeness (QED) is 0.785. The fourth-order valence-electron chi connectivity index (χ4n) is 2.47. The van der Waals surface area contributed by atoms with E-state index in [2.05, 4.69) is 10.6 Å². The third kappa shape index (κ3) is 4.65. The lowest BCUT2D eigenvalue weighted by Crippen LogP contribution is -2.38. The lowest BCUT2D eigenvalue weighted by Gasteiger charge is -2.22. The summed E-state index contributed by atoms with van der Waals surface area (Å²) in [5.41, 5.74) is 1.06. The van der Waals surface area contributed by atoms with E-state index in [1.54, 1.807) is 0 Å². The van der Waals surface area contributed by atoms with Gasteiger partial charge in [-0.25, -0.2) is 0 Å². The summed E-state index contributed by atoms with van der Waals surface area (Å²) in [6.07, 6.45) is 9.29. The minimum Gasteiger partial charge on any atom is -0.360 e. The molecule has 0 heterocycles. The molecule has 0 saturated heterocycles. The van der Waals surface area contributed by atoms with Crippen LogP contribution in [0.4, 0.5) is 5.69 Å². The lowest BCUT2D eigenvalue weighted by molar-refractivity contribution is 0.430. The van der Waals surface area contributed by atoms with Crippen LogP contribution in [0, 0.1) is 0 Å². The zero-order valence-electron chi connectivity index (χ0n) is 10.8. The number of hydrogen-bond acceptors (Lipinski definition) is 1. The first-order valence-corrected chi connectivity index (χ1v) is 7.38. The Labute approximate surface area is 115 Å². The van der Waals surface area contributed by atoms with Crippen LogP contribution in [0.1, 0.15) is 44.9 Å². The van der Waals surface area contributed by atoms with E-state index in [0.717, 1.165) is 10.8 Å². The average Bonchev–Trinajstić information content (AvgIpc) is 2.34. The third-order valence-electron chi connectivity index (χ3n) is 3.47. The number of benzene rings is 1. The highest BCUT2D eigenvalue weighted by atomic mass is 32.1. The van der Waals surface area contributed by atoms with Crippen LogP contribution < -0.4 is 10.6 Å². The van der Waals surface area contributed by atoms with Crippen molar-refractivity contribution >= 4 is 23.0 Å². The van der Waals surface area contributed by atoms with Crippen LogP contribution in [0.5, 0.6) is 0 Å². The molecule has 0 aromatic heterocycles. The molecule has 0 spiro atoms. The van der Waals surface area contributed by atoms with Gasteiger partial charge in [-0.2, -0.15) is 0 Å². The molecule has 98 valence electrons. The predicted octanol–water partition coefficient (Wildman–Crippen LogP) is 4.09. The predicted molar refractivity (Wildman–Crippen MR) is 81.9 cm³/mol. The van der Waals surface area contributed by atoms with E-state index in [-0.39, 0.29) is 0 Å². The van der Waals surface area contributed by atoms with Gasteiger partial charge in [-0.3, -0.25) is 0 Å². The normalized spacial score (nSPS) is 17.6. The summed E-state index contributed by atoms with van der Waals surface area (Å²) in [6.45, 7) is 0. The van der Waals surface area contributed by atoms with Gasteiger partial charge in [0.05, 0.1) is 0 Å². The van der Waals surface area contributed by atoms with E-state index < -0.39 is 0 Å². The van der Waals surface area contributed by atoms with Gasteiger partial charge in [-0.15, -0.1) is 0 Å². The molecule has 2 rings (SSSR count). The molecule has 0 unspecified atom stereocenters. The smallest absolute Gasteiger partial charge is 0.170 e. The second-order valence-electron chi connectivity index (χ2n) is 5.01. The molecule has 3 heteroatoms. The summed E-state index contributed by atoms with van der Waals surface area (Å²) in [5, 5.41) is 7.46. The number of thiocarbonyl (C=S) groups is 1.